The lowest BCUT2D eigenvalue weighted by atomic mass is 10.1. The van der Waals surface area contributed by atoms with Crippen LogP contribution in [0, 0.1) is 6.92 Å². The van der Waals surface area contributed by atoms with Crippen molar-refractivity contribution >= 4 is 28.9 Å². The first-order valence-corrected chi connectivity index (χ1v) is 7.36. The maximum atomic E-state index is 12.5. The van der Waals surface area contributed by atoms with Crippen LogP contribution in [-0.4, -0.2) is 12.5 Å². The number of carbonyl (C=O) groups is 1. The summed E-state index contributed by atoms with van der Waals surface area (Å²) >= 11 is 5.97. The van der Waals surface area contributed by atoms with Gasteiger partial charge in [-0.05, 0) is 48.2 Å². The molecule has 2 aromatic carbocycles. The number of hydrogen-bond donors (Lipinski definition) is 1. The number of amides is 1. The lowest BCUT2D eigenvalue weighted by Crippen LogP contribution is -2.30. The summed E-state index contributed by atoms with van der Waals surface area (Å²) < 4.78 is 0. The normalized spacial score (nSPS) is 13.3. The first-order valence-electron chi connectivity index (χ1n) is 6.98. The van der Waals surface area contributed by atoms with Crippen molar-refractivity contribution in [3.63, 3.8) is 0 Å². The average molecular weight is 301 g/mol. The maximum Gasteiger partial charge on any atom is 0.231 e. The molecule has 0 bridgehead atoms. The van der Waals surface area contributed by atoms with Crippen molar-refractivity contribution < 1.29 is 4.79 Å². The van der Waals surface area contributed by atoms with Crippen molar-refractivity contribution in [2.45, 2.75) is 19.8 Å². The maximum absolute atomic E-state index is 12.5. The monoisotopic (exact) mass is 300 g/mol. The van der Waals surface area contributed by atoms with E-state index < -0.39 is 0 Å². The number of nitrogens with two attached hydrogens (primary N) is 1. The minimum absolute atomic E-state index is 0.0827. The van der Waals surface area contributed by atoms with Crippen molar-refractivity contribution in [1.29, 1.82) is 0 Å². The highest BCUT2D eigenvalue weighted by molar-refractivity contribution is 6.30. The molecule has 21 heavy (non-hydrogen) atoms. The zero-order chi connectivity index (χ0) is 15.0. The van der Waals surface area contributed by atoms with E-state index in [0.717, 1.165) is 35.5 Å². The van der Waals surface area contributed by atoms with Gasteiger partial charge in [0.2, 0.25) is 5.91 Å². The molecule has 1 amide bonds. The summed E-state index contributed by atoms with van der Waals surface area (Å²) in [4.78, 5) is 14.4. The number of aryl methyl sites for hydroxylation is 1. The number of anilines is 2. The van der Waals surface area contributed by atoms with Crippen LogP contribution in [0.25, 0.3) is 0 Å². The molecule has 0 atom stereocenters. The second-order valence-corrected chi connectivity index (χ2v) is 5.88. The SMILES string of the molecule is Cc1cc2c(cc1N)N(C(=O)Cc1cccc(Cl)c1)CC2. The van der Waals surface area contributed by atoms with Crippen molar-refractivity contribution in [2.75, 3.05) is 17.2 Å². The lowest BCUT2D eigenvalue weighted by Gasteiger charge is -2.18. The first kappa shape index (κ1) is 14.0. The van der Waals surface area contributed by atoms with Crippen LogP contribution in [0.3, 0.4) is 0 Å². The smallest absolute Gasteiger partial charge is 0.231 e. The molecule has 1 aliphatic rings. The molecule has 0 unspecified atom stereocenters. The van der Waals surface area contributed by atoms with Crippen molar-refractivity contribution in [3.05, 3.63) is 58.1 Å². The molecule has 108 valence electrons. The van der Waals surface area contributed by atoms with Gasteiger partial charge in [0, 0.05) is 22.9 Å². The molecule has 0 fully saturated rings. The predicted octanol–water partition coefficient (Wildman–Crippen LogP) is 3.36. The van der Waals surface area contributed by atoms with E-state index in [1.807, 2.05) is 42.2 Å². The molecular formula is C17H17ClN2O. The number of nitrogens with zero attached hydrogens (tertiary/aromatic N) is 1. The largest absolute Gasteiger partial charge is 0.398 e. The Labute approximate surface area is 129 Å². The summed E-state index contributed by atoms with van der Waals surface area (Å²) in [6.07, 6.45) is 1.24. The van der Waals surface area contributed by atoms with Crippen LogP contribution in [0.4, 0.5) is 11.4 Å². The zero-order valence-electron chi connectivity index (χ0n) is 11.9. The Morgan fingerprint density at radius 1 is 1.33 bits per heavy atom. The minimum atomic E-state index is 0.0827. The predicted molar refractivity (Wildman–Crippen MR) is 86.8 cm³/mol. The average Bonchev–Trinajstić information content (AvgIpc) is 2.82. The standard InChI is InChI=1S/C17H17ClN2O/c1-11-7-13-5-6-20(16(13)10-15(11)19)17(21)9-12-3-2-4-14(18)8-12/h2-4,7-8,10H,5-6,9,19H2,1H3. The van der Waals surface area contributed by atoms with E-state index in [4.69, 9.17) is 17.3 Å². The Morgan fingerprint density at radius 3 is 2.90 bits per heavy atom. The lowest BCUT2D eigenvalue weighted by molar-refractivity contribution is -0.117. The molecule has 3 rings (SSSR count). The second kappa shape index (κ2) is 5.41. The van der Waals surface area contributed by atoms with E-state index in [2.05, 4.69) is 6.07 Å². The van der Waals surface area contributed by atoms with E-state index in [1.165, 1.54) is 5.56 Å². The summed E-state index contributed by atoms with van der Waals surface area (Å²) in [5.74, 6) is 0.0827. The van der Waals surface area contributed by atoms with Gasteiger partial charge in [-0.25, -0.2) is 0 Å². The van der Waals surface area contributed by atoms with E-state index in [-0.39, 0.29) is 5.91 Å². The molecule has 1 aliphatic heterocycles. The molecule has 0 aliphatic carbocycles. The summed E-state index contributed by atoms with van der Waals surface area (Å²) in [7, 11) is 0. The summed E-state index contributed by atoms with van der Waals surface area (Å²) in [5.41, 5.74) is 10.8. The molecule has 4 heteroatoms. The molecular weight excluding hydrogens is 284 g/mol. The van der Waals surface area contributed by atoms with Crippen LogP contribution in [0.5, 0.6) is 0 Å². The van der Waals surface area contributed by atoms with Gasteiger partial charge in [0.1, 0.15) is 0 Å². The van der Waals surface area contributed by atoms with Gasteiger partial charge < -0.3 is 10.6 Å². The summed E-state index contributed by atoms with van der Waals surface area (Å²) in [6.45, 7) is 2.71. The molecule has 2 aromatic rings. The van der Waals surface area contributed by atoms with Gasteiger partial charge in [-0.2, -0.15) is 0 Å². The third kappa shape index (κ3) is 2.74. The minimum Gasteiger partial charge on any atom is -0.398 e. The number of hydrogen-bond acceptors (Lipinski definition) is 2. The highest BCUT2D eigenvalue weighted by atomic mass is 35.5. The van der Waals surface area contributed by atoms with Crippen molar-refractivity contribution in [3.8, 4) is 0 Å². The number of fused-ring (bicyclic) bond motifs is 1. The summed E-state index contributed by atoms with van der Waals surface area (Å²) in [6, 6.07) is 11.4. The molecule has 0 saturated carbocycles. The van der Waals surface area contributed by atoms with Crippen molar-refractivity contribution in [2.24, 2.45) is 0 Å². The van der Waals surface area contributed by atoms with Crippen molar-refractivity contribution in [1.82, 2.24) is 0 Å². The van der Waals surface area contributed by atoms with Gasteiger partial charge in [-0.1, -0.05) is 29.8 Å². The van der Waals surface area contributed by atoms with Gasteiger partial charge in [-0.3, -0.25) is 4.79 Å². The Kier molecular flexibility index (Phi) is 3.60. The number of rotatable bonds is 2. The number of nitrogen functional groups attached to an aromatic ring is 1. The topological polar surface area (TPSA) is 46.3 Å². The van der Waals surface area contributed by atoms with Gasteiger partial charge in [0.25, 0.3) is 0 Å². The quantitative estimate of drug-likeness (QED) is 0.864. The molecule has 0 radical (unpaired) electrons. The van der Waals surface area contributed by atoms with Crippen LogP contribution < -0.4 is 10.6 Å². The van der Waals surface area contributed by atoms with E-state index in [1.54, 1.807) is 0 Å². The number of carbonyl (C=O) groups excluding carboxylic acids is 1. The molecule has 0 spiro atoms. The Hall–Kier alpha value is -2.00. The van der Waals surface area contributed by atoms with Gasteiger partial charge in [0.15, 0.2) is 0 Å². The summed E-state index contributed by atoms with van der Waals surface area (Å²) in [5, 5.41) is 0.655. The first-order chi connectivity index (χ1) is 10.0. The fourth-order valence-electron chi connectivity index (χ4n) is 2.75. The number of benzene rings is 2. The number of halogens is 1. The second-order valence-electron chi connectivity index (χ2n) is 5.44. The van der Waals surface area contributed by atoms with Gasteiger partial charge >= 0.3 is 0 Å². The molecule has 3 nitrogen and oxygen atoms in total. The van der Waals surface area contributed by atoms with Crippen LogP contribution >= 0.6 is 11.6 Å². The highest BCUT2D eigenvalue weighted by Gasteiger charge is 2.25. The Bertz CT molecular complexity index is 712. The molecule has 0 aromatic heterocycles. The van der Waals surface area contributed by atoms with Crippen LogP contribution in [0.2, 0.25) is 5.02 Å². The third-order valence-electron chi connectivity index (χ3n) is 3.91. The Morgan fingerprint density at radius 2 is 2.14 bits per heavy atom. The zero-order valence-corrected chi connectivity index (χ0v) is 12.7. The Balaban J connectivity index is 1.84. The van der Waals surface area contributed by atoms with Gasteiger partial charge in [0.05, 0.1) is 6.42 Å². The fraction of sp³-hybridized carbons (Fsp3) is 0.235. The third-order valence-corrected chi connectivity index (χ3v) is 4.14. The van der Waals surface area contributed by atoms with Gasteiger partial charge in [-0.15, -0.1) is 0 Å². The molecule has 1 heterocycles. The van der Waals surface area contributed by atoms with E-state index >= 15 is 0 Å². The van der Waals surface area contributed by atoms with Crippen LogP contribution in [-0.2, 0) is 17.6 Å². The van der Waals surface area contributed by atoms with Crippen LogP contribution in [0.1, 0.15) is 16.7 Å². The van der Waals surface area contributed by atoms with E-state index in [0.29, 0.717) is 11.4 Å². The van der Waals surface area contributed by atoms with Crippen LogP contribution in [0.15, 0.2) is 36.4 Å². The fourth-order valence-corrected chi connectivity index (χ4v) is 2.97. The molecule has 2 N–H and O–H groups in total. The van der Waals surface area contributed by atoms with E-state index in [9.17, 15) is 4.79 Å². The molecule has 0 saturated heterocycles. The highest BCUT2D eigenvalue weighted by Crippen LogP contribution is 2.32.